The number of hydrogen-bond acceptors (Lipinski definition) is 5. The van der Waals surface area contributed by atoms with Crippen molar-refractivity contribution in [1.29, 1.82) is 0 Å². The molecular weight excluding hydrogens is 522 g/mol. The fourth-order valence-corrected chi connectivity index (χ4v) is 6.35. The molecule has 7 nitrogen and oxygen atoms in total. The Morgan fingerprint density at radius 1 is 1.05 bits per heavy atom. The third kappa shape index (κ3) is 4.97. The van der Waals surface area contributed by atoms with Crippen LogP contribution in [0.15, 0.2) is 82.8 Å². The van der Waals surface area contributed by atoms with Crippen molar-refractivity contribution in [3.05, 3.63) is 100 Å². The number of ether oxygens (including phenoxy) is 1. The largest absolute Gasteiger partial charge is 0.495 e. The second-order valence-corrected chi connectivity index (χ2v) is 11.4. The number of nitrogens with zero attached hydrogens (tertiary/aromatic N) is 2. The lowest BCUT2D eigenvalue weighted by molar-refractivity contribution is -0.119. The number of benzene rings is 4. The van der Waals surface area contributed by atoms with Crippen molar-refractivity contribution in [2.24, 2.45) is 5.10 Å². The number of rotatable bonds is 8. The molecule has 0 aliphatic heterocycles. The second-order valence-electron chi connectivity index (χ2n) is 9.09. The number of carbonyl (C=O) groups is 1. The van der Waals surface area contributed by atoms with Gasteiger partial charge in [0.1, 0.15) is 12.3 Å². The topological polar surface area (TPSA) is 88.1 Å². The Kier molecular flexibility index (Phi) is 7.10. The molecule has 0 unspecified atom stereocenters. The van der Waals surface area contributed by atoms with Crippen molar-refractivity contribution in [3.8, 4) is 5.75 Å². The van der Waals surface area contributed by atoms with Gasteiger partial charge in [-0.05, 0) is 72.0 Å². The SMILES string of the molecule is COc1ccc(N(CC(=O)N/N=C\c2ccc3c4c(cccc24)CC3)S(=O)(=O)c2ccc(C)cc2)cc1Cl. The van der Waals surface area contributed by atoms with Crippen LogP contribution in [0.4, 0.5) is 5.69 Å². The first-order chi connectivity index (χ1) is 18.3. The predicted octanol–water partition coefficient (Wildman–Crippen LogP) is 5.25. The van der Waals surface area contributed by atoms with E-state index >= 15 is 0 Å². The minimum absolute atomic E-state index is 0.0548. The fraction of sp³-hybridized carbons (Fsp3) is 0.172. The van der Waals surface area contributed by atoms with E-state index < -0.39 is 22.5 Å². The standard InChI is InChI=1S/C29H26ClN3O4S/c1-19-6-13-24(14-7-19)38(35,36)33(23-12-15-27(37-2)26(30)16-23)18-28(34)32-31-17-22-11-10-21-9-8-20-4-3-5-25(22)29(20)21/h3-7,10-17H,8-9,18H2,1-2H3,(H,32,34)/b31-17-. The third-order valence-corrected chi connectivity index (χ3v) is 8.71. The molecule has 0 saturated heterocycles. The van der Waals surface area contributed by atoms with E-state index in [4.69, 9.17) is 16.3 Å². The van der Waals surface area contributed by atoms with E-state index in [-0.39, 0.29) is 15.6 Å². The van der Waals surface area contributed by atoms with Gasteiger partial charge in [-0.25, -0.2) is 13.8 Å². The lowest BCUT2D eigenvalue weighted by atomic mass is 10.0. The Bertz CT molecular complexity index is 1660. The normalized spacial score (nSPS) is 12.7. The van der Waals surface area contributed by atoms with Crippen LogP contribution in [-0.4, -0.2) is 34.2 Å². The van der Waals surface area contributed by atoms with Crippen molar-refractivity contribution in [2.75, 3.05) is 18.0 Å². The molecule has 0 fully saturated rings. The minimum Gasteiger partial charge on any atom is -0.495 e. The number of sulfonamides is 1. The van der Waals surface area contributed by atoms with Gasteiger partial charge in [-0.15, -0.1) is 0 Å². The molecule has 0 spiro atoms. The quantitative estimate of drug-likeness (QED) is 0.241. The van der Waals surface area contributed by atoms with Crippen molar-refractivity contribution >= 4 is 50.2 Å². The first-order valence-corrected chi connectivity index (χ1v) is 13.9. The zero-order valence-electron chi connectivity index (χ0n) is 20.9. The van der Waals surface area contributed by atoms with Crippen molar-refractivity contribution < 1.29 is 17.9 Å². The van der Waals surface area contributed by atoms with Crippen LogP contribution in [0.5, 0.6) is 5.75 Å². The second kappa shape index (κ2) is 10.5. The Hall–Kier alpha value is -3.88. The minimum atomic E-state index is -4.09. The maximum absolute atomic E-state index is 13.6. The van der Waals surface area contributed by atoms with E-state index in [1.165, 1.54) is 41.8 Å². The summed E-state index contributed by atoms with van der Waals surface area (Å²) < 4.78 is 33.4. The fourth-order valence-electron chi connectivity index (χ4n) is 4.68. The highest BCUT2D eigenvalue weighted by atomic mass is 35.5. The highest BCUT2D eigenvalue weighted by Crippen LogP contribution is 2.33. The van der Waals surface area contributed by atoms with Gasteiger partial charge in [0.15, 0.2) is 0 Å². The molecule has 1 aliphatic rings. The summed E-state index contributed by atoms with van der Waals surface area (Å²) in [6.07, 6.45) is 3.62. The average Bonchev–Trinajstić information content (AvgIpc) is 3.33. The summed E-state index contributed by atoms with van der Waals surface area (Å²) in [4.78, 5) is 13.0. The molecule has 0 aromatic heterocycles. The zero-order chi connectivity index (χ0) is 26.9. The van der Waals surface area contributed by atoms with Crippen molar-refractivity contribution in [3.63, 3.8) is 0 Å². The van der Waals surface area contributed by atoms with E-state index in [0.717, 1.165) is 33.7 Å². The van der Waals surface area contributed by atoms with Crippen LogP contribution in [0.2, 0.25) is 5.02 Å². The molecule has 0 radical (unpaired) electrons. The van der Waals surface area contributed by atoms with Crippen LogP contribution in [-0.2, 0) is 27.7 Å². The Morgan fingerprint density at radius 2 is 1.79 bits per heavy atom. The summed E-state index contributed by atoms with van der Waals surface area (Å²) in [5.74, 6) is -0.211. The van der Waals surface area contributed by atoms with E-state index in [0.29, 0.717) is 5.75 Å². The first-order valence-electron chi connectivity index (χ1n) is 12.1. The van der Waals surface area contributed by atoms with Crippen LogP contribution in [0.25, 0.3) is 10.8 Å². The third-order valence-electron chi connectivity index (χ3n) is 6.62. The number of methoxy groups -OCH3 is 1. The van der Waals surface area contributed by atoms with Gasteiger partial charge in [0.2, 0.25) is 0 Å². The number of halogens is 1. The first kappa shape index (κ1) is 25.8. The molecule has 5 rings (SSSR count). The van der Waals surface area contributed by atoms with Crippen LogP contribution < -0.4 is 14.5 Å². The molecule has 4 aromatic rings. The molecule has 9 heteroatoms. The van der Waals surface area contributed by atoms with E-state index in [1.54, 1.807) is 30.5 Å². The van der Waals surface area contributed by atoms with Crippen LogP contribution in [0.1, 0.15) is 22.3 Å². The van der Waals surface area contributed by atoms with Gasteiger partial charge in [-0.2, -0.15) is 5.10 Å². The maximum Gasteiger partial charge on any atom is 0.264 e. The number of nitrogens with one attached hydrogen (secondary N) is 1. The lowest BCUT2D eigenvalue weighted by Crippen LogP contribution is -2.39. The summed E-state index contributed by atoms with van der Waals surface area (Å²) in [6.45, 7) is 1.37. The molecule has 4 aromatic carbocycles. The zero-order valence-corrected chi connectivity index (χ0v) is 22.5. The monoisotopic (exact) mass is 547 g/mol. The van der Waals surface area contributed by atoms with Gasteiger partial charge in [-0.3, -0.25) is 9.10 Å². The summed E-state index contributed by atoms with van der Waals surface area (Å²) >= 11 is 6.28. The molecule has 1 aliphatic carbocycles. The number of hydrazone groups is 1. The summed E-state index contributed by atoms with van der Waals surface area (Å²) in [6, 6.07) is 21.2. The molecule has 0 heterocycles. The van der Waals surface area contributed by atoms with Crippen molar-refractivity contribution in [2.45, 2.75) is 24.7 Å². The van der Waals surface area contributed by atoms with E-state index in [1.807, 2.05) is 25.1 Å². The molecular formula is C29H26ClN3O4S. The van der Waals surface area contributed by atoms with Crippen molar-refractivity contribution in [1.82, 2.24) is 5.43 Å². The maximum atomic E-state index is 13.6. The smallest absolute Gasteiger partial charge is 0.264 e. The molecule has 0 atom stereocenters. The van der Waals surface area contributed by atoms with E-state index in [2.05, 4.69) is 22.7 Å². The highest BCUT2D eigenvalue weighted by Gasteiger charge is 2.28. The van der Waals surface area contributed by atoms with Gasteiger partial charge >= 0.3 is 0 Å². The predicted molar refractivity (Wildman–Crippen MR) is 151 cm³/mol. The molecule has 38 heavy (non-hydrogen) atoms. The van der Waals surface area contributed by atoms with E-state index in [9.17, 15) is 13.2 Å². The Balaban J connectivity index is 1.41. The van der Waals surface area contributed by atoms with Gasteiger partial charge in [-0.1, -0.05) is 59.6 Å². The highest BCUT2D eigenvalue weighted by molar-refractivity contribution is 7.92. The molecule has 194 valence electrons. The molecule has 0 bridgehead atoms. The van der Waals surface area contributed by atoms with Gasteiger partial charge in [0.25, 0.3) is 15.9 Å². The Morgan fingerprint density at radius 3 is 2.50 bits per heavy atom. The van der Waals surface area contributed by atoms with Crippen LogP contribution in [0, 0.1) is 6.92 Å². The van der Waals surface area contributed by atoms with Gasteiger partial charge in [0.05, 0.1) is 28.9 Å². The van der Waals surface area contributed by atoms with Crippen LogP contribution >= 0.6 is 11.6 Å². The summed E-state index contributed by atoms with van der Waals surface area (Å²) in [5, 5.41) is 6.68. The number of anilines is 1. The summed E-state index contributed by atoms with van der Waals surface area (Å²) in [5.41, 5.74) is 7.12. The molecule has 1 N–H and O–H groups in total. The average molecular weight is 548 g/mol. The number of aryl methyl sites for hydroxylation is 3. The van der Waals surface area contributed by atoms with Gasteiger partial charge < -0.3 is 4.74 Å². The number of hydrogen-bond donors (Lipinski definition) is 1. The Labute approximate surface area is 226 Å². The molecule has 0 saturated carbocycles. The number of amides is 1. The summed E-state index contributed by atoms with van der Waals surface area (Å²) in [7, 11) is -2.62. The molecule has 1 amide bonds. The van der Waals surface area contributed by atoms with Crippen LogP contribution in [0.3, 0.4) is 0 Å². The number of carbonyl (C=O) groups excluding carboxylic acids is 1. The van der Waals surface area contributed by atoms with Gasteiger partial charge in [0, 0.05) is 5.56 Å². The lowest BCUT2D eigenvalue weighted by Gasteiger charge is -2.24.